The molecule has 0 radical (unpaired) electrons. The first-order valence-electron chi connectivity index (χ1n) is 6.17. The van der Waals surface area contributed by atoms with Gasteiger partial charge in [0, 0.05) is 23.0 Å². The molecule has 2 heterocycles. The van der Waals surface area contributed by atoms with Gasteiger partial charge in [0.2, 0.25) is 0 Å². The molecule has 0 bridgehead atoms. The fraction of sp³-hybridized carbons (Fsp3) is 0.462. The Morgan fingerprint density at radius 1 is 1.53 bits per heavy atom. The van der Waals surface area contributed by atoms with Crippen LogP contribution in [0.5, 0.6) is 0 Å². The third-order valence-electron chi connectivity index (χ3n) is 2.97. The second kappa shape index (κ2) is 4.97. The predicted molar refractivity (Wildman–Crippen MR) is 69.1 cm³/mol. The molecule has 6 heteroatoms. The number of carbonyl (C=O) groups is 1. The van der Waals surface area contributed by atoms with E-state index in [0.29, 0.717) is 12.3 Å². The highest BCUT2D eigenvalue weighted by Gasteiger charge is 2.18. The van der Waals surface area contributed by atoms with Gasteiger partial charge in [-0.3, -0.25) is 0 Å². The summed E-state index contributed by atoms with van der Waals surface area (Å²) < 4.78 is 6.47. The van der Waals surface area contributed by atoms with Gasteiger partial charge in [-0.15, -0.1) is 0 Å². The van der Waals surface area contributed by atoms with Crippen LogP contribution < -0.4 is 0 Å². The number of nitrogens with zero attached hydrogens (tertiary/aromatic N) is 3. The minimum Gasteiger partial charge on any atom is -0.461 e. The molecule has 19 heavy (non-hydrogen) atoms. The molecular formula is C13H17N3O3. The van der Waals surface area contributed by atoms with E-state index >= 15 is 0 Å². The maximum absolute atomic E-state index is 11.7. The summed E-state index contributed by atoms with van der Waals surface area (Å²) in [6.07, 6.45) is -0.632. The number of fused-ring (bicyclic) bond motifs is 1. The molecule has 0 saturated heterocycles. The number of hydrogen-bond acceptors (Lipinski definition) is 5. The molecule has 2 aromatic rings. The van der Waals surface area contributed by atoms with E-state index in [1.54, 1.807) is 24.4 Å². The molecule has 0 aliphatic rings. The maximum atomic E-state index is 11.7. The van der Waals surface area contributed by atoms with Crippen molar-refractivity contribution in [1.29, 1.82) is 0 Å². The number of ether oxygens (including phenoxy) is 1. The number of aliphatic hydroxyl groups is 1. The third-order valence-corrected chi connectivity index (χ3v) is 2.97. The molecule has 0 amide bonds. The van der Waals surface area contributed by atoms with E-state index in [0.717, 1.165) is 17.0 Å². The average Bonchev–Trinajstić information content (AvgIpc) is 2.72. The van der Waals surface area contributed by atoms with Gasteiger partial charge in [-0.25, -0.2) is 14.3 Å². The number of esters is 1. The number of hydrogen-bond donors (Lipinski definition) is 1. The molecule has 2 aromatic heterocycles. The minimum absolute atomic E-state index is 0.222. The fourth-order valence-corrected chi connectivity index (χ4v) is 2.22. The van der Waals surface area contributed by atoms with Gasteiger partial charge in [-0.2, -0.15) is 5.10 Å². The van der Waals surface area contributed by atoms with Crippen molar-refractivity contribution in [3.63, 3.8) is 0 Å². The smallest absolute Gasteiger partial charge is 0.358 e. The van der Waals surface area contributed by atoms with E-state index < -0.39 is 12.1 Å². The van der Waals surface area contributed by atoms with Crippen LogP contribution in [0.2, 0.25) is 0 Å². The van der Waals surface area contributed by atoms with E-state index in [9.17, 15) is 9.90 Å². The van der Waals surface area contributed by atoms with Gasteiger partial charge < -0.3 is 9.84 Å². The van der Waals surface area contributed by atoms with Crippen molar-refractivity contribution < 1.29 is 14.6 Å². The summed E-state index contributed by atoms with van der Waals surface area (Å²) in [4.78, 5) is 16.0. The number of aliphatic hydroxyl groups excluding tert-OH is 1. The van der Waals surface area contributed by atoms with Crippen molar-refractivity contribution in [1.82, 2.24) is 14.6 Å². The van der Waals surface area contributed by atoms with Gasteiger partial charge >= 0.3 is 5.97 Å². The highest BCUT2D eigenvalue weighted by atomic mass is 16.5. The number of rotatable bonds is 3. The Hall–Kier alpha value is -1.95. The predicted octanol–water partition coefficient (Wildman–Crippen LogP) is 1.58. The first kappa shape index (κ1) is 13.5. The zero-order valence-electron chi connectivity index (χ0n) is 11.5. The SMILES string of the molecule is CCOC(=O)c1cc2nc(C)c(C(C)O)c(C)n2n1. The minimum atomic E-state index is -0.632. The summed E-state index contributed by atoms with van der Waals surface area (Å²) in [5.41, 5.74) is 3.02. The van der Waals surface area contributed by atoms with Crippen molar-refractivity contribution in [3.8, 4) is 0 Å². The zero-order chi connectivity index (χ0) is 14.2. The number of carbonyl (C=O) groups excluding carboxylic acids is 1. The van der Waals surface area contributed by atoms with Gasteiger partial charge in [0.1, 0.15) is 0 Å². The Morgan fingerprint density at radius 2 is 2.21 bits per heavy atom. The second-order valence-corrected chi connectivity index (χ2v) is 4.39. The number of aromatic nitrogens is 3. The fourth-order valence-electron chi connectivity index (χ4n) is 2.22. The first-order chi connectivity index (χ1) is 8.95. The average molecular weight is 263 g/mol. The summed E-state index contributed by atoms with van der Waals surface area (Å²) in [7, 11) is 0. The Balaban J connectivity index is 2.60. The first-order valence-corrected chi connectivity index (χ1v) is 6.17. The molecule has 0 fully saturated rings. The van der Waals surface area contributed by atoms with Crippen LogP contribution in [0.15, 0.2) is 6.07 Å². The summed E-state index contributed by atoms with van der Waals surface area (Å²) in [6.45, 7) is 7.39. The van der Waals surface area contributed by atoms with Crippen LogP contribution in [0.4, 0.5) is 0 Å². The van der Waals surface area contributed by atoms with E-state index in [4.69, 9.17) is 4.74 Å². The summed E-state index contributed by atoms with van der Waals surface area (Å²) in [6, 6.07) is 1.59. The van der Waals surface area contributed by atoms with Crippen LogP contribution >= 0.6 is 0 Å². The molecule has 6 nitrogen and oxygen atoms in total. The molecular weight excluding hydrogens is 246 g/mol. The van der Waals surface area contributed by atoms with Crippen molar-refractivity contribution in [2.75, 3.05) is 6.61 Å². The Kier molecular flexibility index (Phi) is 3.53. The molecule has 0 saturated carbocycles. The molecule has 0 aliphatic carbocycles. The highest BCUT2D eigenvalue weighted by molar-refractivity contribution is 5.88. The third kappa shape index (κ3) is 2.31. The van der Waals surface area contributed by atoms with Gasteiger partial charge in [0.15, 0.2) is 11.3 Å². The standard InChI is InChI=1S/C13H17N3O3/c1-5-19-13(18)10-6-11-14-7(2)12(9(4)17)8(3)16(11)15-10/h6,9,17H,5H2,1-4H3. The van der Waals surface area contributed by atoms with Crippen LogP contribution in [0.3, 0.4) is 0 Å². The molecule has 0 spiro atoms. The number of aryl methyl sites for hydroxylation is 2. The quantitative estimate of drug-likeness (QED) is 0.851. The molecule has 0 aromatic carbocycles. The highest BCUT2D eigenvalue weighted by Crippen LogP contribution is 2.21. The lowest BCUT2D eigenvalue weighted by Gasteiger charge is -2.12. The van der Waals surface area contributed by atoms with Gasteiger partial charge in [0.25, 0.3) is 0 Å². The van der Waals surface area contributed by atoms with E-state index in [1.807, 2.05) is 13.8 Å². The van der Waals surface area contributed by atoms with Crippen molar-refractivity contribution >= 4 is 11.6 Å². The lowest BCUT2D eigenvalue weighted by molar-refractivity contribution is 0.0519. The van der Waals surface area contributed by atoms with Crippen molar-refractivity contribution in [2.24, 2.45) is 0 Å². The van der Waals surface area contributed by atoms with E-state index in [2.05, 4.69) is 10.1 Å². The zero-order valence-corrected chi connectivity index (χ0v) is 11.5. The second-order valence-electron chi connectivity index (χ2n) is 4.39. The molecule has 1 N–H and O–H groups in total. The molecule has 2 rings (SSSR count). The summed E-state index contributed by atoms with van der Waals surface area (Å²) >= 11 is 0. The molecule has 0 aliphatic heterocycles. The van der Waals surface area contributed by atoms with Gasteiger partial charge in [0.05, 0.1) is 12.7 Å². The van der Waals surface area contributed by atoms with Gasteiger partial charge in [-0.05, 0) is 27.7 Å². The lowest BCUT2D eigenvalue weighted by Crippen LogP contribution is -2.09. The lowest BCUT2D eigenvalue weighted by atomic mass is 10.1. The Bertz CT molecular complexity index is 632. The Labute approximate surface area is 111 Å². The maximum Gasteiger partial charge on any atom is 0.358 e. The van der Waals surface area contributed by atoms with Crippen LogP contribution in [0.1, 0.15) is 47.4 Å². The van der Waals surface area contributed by atoms with Crippen LogP contribution in [0.25, 0.3) is 5.65 Å². The normalized spacial score (nSPS) is 12.7. The van der Waals surface area contributed by atoms with Gasteiger partial charge in [-0.1, -0.05) is 0 Å². The monoisotopic (exact) mass is 263 g/mol. The molecule has 102 valence electrons. The molecule has 1 unspecified atom stereocenters. The van der Waals surface area contributed by atoms with Crippen LogP contribution in [-0.2, 0) is 4.74 Å². The van der Waals surface area contributed by atoms with Crippen LogP contribution in [-0.4, -0.2) is 32.3 Å². The van der Waals surface area contributed by atoms with E-state index in [1.165, 1.54) is 0 Å². The largest absolute Gasteiger partial charge is 0.461 e. The van der Waals surface area contributed by atoms with Crippen LogP contribution in [0, 0.1) is 13.8 Å². The topological polar surface area (TPSA) is 76.7 Å². The summed E-state index contributed by atoms with van der Waals surface area (Å²) in [5, 5.41) is 14.0. The van der Waals surface area contributed by atoms with Crippen molar-refractivity contribution in [2.45, 2.75) is 33.8 Å². The van der Waals surface area contributed by atoms with E-state index in [-0.39, 0.29) is 5.69 Å². The Morgan fingerprint density at radius 3 is 2.79 bits per heavy atom. The van der Waals surface area contributed by atoms with Crippen molar-refractivity contribution in [3.05, 3.63) is 28.7 Å². The summed E-state index contributed by atoms with van der Waals surface area (Å²) in [5.74, 6) is -0.469. The molecule has 1 atom stereocenters.